The topological polar surface area (TPSA) is 63.2 Å². The Labute approximate surface area is 246 Å². The van der Waals surface area contributed by atoms with Gasteiger partial charge < -0.3 is 29.3 Å². The SMILES string of the molecule is Cc1c(OC(O[Si](C(C)C)(C(C)C)C(C)C)c2ccc3[nH]c4c(c3c2)CCNC4)ccc2c1c1c(n2C)CNCC1. The molecule has 6 rings (SSSR count). The Balaban J connectivity index is 1.48. The Hall–Kier alpha value is -2.58. The van der Waals surface area contributed by atoms with Gasteiger partial charge in [-0.1, -0.05) is 47.6 Å². The second-order valence-corrected chi connectivity index (χ2v) is 18.6. The van der Waals surface area contributed by atoms with Gasteiger partial charge in [-0.2, -0.15) is 0 Å². The largest absolute Gasteiger partial charge is 0.461 e. The number of H-pyrrole nitrogens is 1. The molecule has 7 heteroatoms. The molecule has 0 radical (unpaired) electrons. The van der Waals surface area contributed by atoms with E-state index in [2.05, 4.69) is 106 Å². The van der Waals surface area contributed by atoms with Gasteiger partial charge in [0.2, 0.25) is 14.6 Å². The van der Waals surface area contributed by atoms with Crippen molar-refractivity contribution in [2.45, 2.75) is 97.3 Å². The Kier molecular flexibility index (Phi) is 7.60. The zero-order valence-corrected chi connectivity index (χ0v) is 27.2. The smallest absolute Gasteiger partial charge is 0.217 e. The minimum Gasteiger partial charge on any atom is -0.461 e. The van der Waals surface area contributed by atoms with E-state index in [1.807, 2.05) is 0 Å². The summed E-state index contributed by atoms with van der Waals surface area (Å²) in [6, 6.07) is 11.2. The first kappa shape index (κ1) is 28.5. The molecule has 2 aliphatic heterocycles. The number of aromatic nitrogens is 2. The van der Waals surface area contributed by atoms with Crippen LogP contribution in [0, 0.1) is 6.92 Å². The molecule has 0 amide bonds. The molecule has 0 bridgehead atoms. The van der Waals surface area contributed by atoms with Crippen LogP contribution in [0.4, 0.5) is 0 Å². The number of benzene rings is 2. The van der Waals surface area contributed by atoms with Crippen LogP contribution in [0.5, 0.6) is 5.75 Å². The van der Waals surface area contributed by atoms with E-state index in [0.29, 0.717) is 16.6 Å². The molecule has 4 heterocycles. The van der Waals surface area contributed by atoms with Gasteiger partial charge >= 0.3 is 0 Å². The van der Waals surface area contributed by atoms with Gasteiger partial charge in [0.15, 0.2) is 0 Å². The summed E-state index contributed by atoms with van der Waals surface area (Å²) in [5, 5.41) is 9.71. The zero-order valence-electron chi connectivity index (χ0n) is 26.2. The van der Waals surface area contributed by atoms with E-state index < -0.39 is 14.6 Å². The van der Waals surface area contributed by atoms with E-state index in [9.17, 15) is 0 Å². The van der Waals surface area contributed by atoms with Crippen LogP contribution < -0.4 is 15.4 Å². The molecular weight excluding hydrogens is 524 g/mol. The number of hydrogen-bond donors (Lipinski definition) is 3. The van der Waals surface area contributed by atoms with Gasteiger partial charge in [-0.15, -0.1) is 0 Å². The molecule has 41 heavy (non-hydrogen) atoms. The summed E-state index contributed by atoms with van der Waals surface area (Å²) < 4.78 is 16.9. The predicted octanol–water partition coefficient (Wildman–Crippen LogP) is 7.53. The van der Waals surface area contributed by atoms with Crippen LogP contribution in [0.2, 0.25) is 16.6 Å². The molecule has 4 aromatic rings. The zero-order chi connectivity index (χ0) is 29.1. The van der Waals surface area contributed by atoms with E-state index in [1.165, 1.54) is 49.9 Å². The monoisotopic (exact) mass is 572 g/mol. The molecule has 1 unspecified atom stereocenters. The number of aryl methyl sites for hydroxylation is 2. The van der Waals surface area contributed by atoms with Crippen molar-refractivity contribution in [3.05, 3.63) is 64.0 Å². The maximum atomic E-state index is 7.45. The van der Waals surface area contributed by atoms with E-state index in [4.69, 9.17) is 9.16 Å². The summed E-state index contributed by atoms with van der Waals surface area (Å²) in [6.07, 6.45) is 1.62. The third-order valence-electron chi connectivity index (χ3n) is 10.1. The molecule has 2 aromatic heterocycles. The number of hydrogen-bond acceptors (Lipinski definition) is 4. The molecule has 0 saturated carbocycles. The molecular formula is C34H48N4O2Si. The van der Waals surface area contributed by atoms with Crippen LogP contribution in [0.1, 0.15) is 81.5 Å². The summed E-state index contributed by atoms with van der Waals surface area (Å²) in [5.41, 5.74) is 11.8. The number of ether oxygens (including phenoxy) is 1. The standard InChI is InChI=1S/C34H48N4O2Si/c1-20(2)41(21(3)4,22(5)6)40-34(24-9-10-28-27(17-24)25-13-15-35-18-29(25)37-28)39-32-12-11-30-33(23(32)7)26-14-16-36-19-31(26)38(30)8/h9-12,17,20-22,34-37H,13-16,18-19H2,1-8H3. The molecule has 0 aliphatic carbocycles. The van der Waals surface area contributed by atoms with E-state index in [1.54, 1.807) is 0 Å². The van der Waals surface area contributed by atoms with Gasteiger partial charge in [-0.05, 0) is 84.9 Å². The highest BCUT2D eigenvalue weighted by Crippen LogP contribution is 2.46. The normalized spacial score (nSPS) is 16.7. The van der Waals surface area contributed by atoms with Crippen molar-refractivity contribution >= 4 is 30.1 Å². The third-order valence-corrected chi connectivity index (χ3v) is 16.1. The summed E-state index contributed by atoms with van der Waals surface area (Å²) in [5.74, 6) is 0.925. The van der Waals surface area contributed by atoms with Crippen LogP contribution in [-0.4, -0.2) is 31.0 Å². The van der Waals surface area contributed by atoms with Crippen LogP contribution >= 0.6 is 0 Å². The third kappa shape index (κ3) is 4.65. The molecule has 0 spiro atoms. The predicted molar refractivity (Wildman–Crippen MR) is 172 cm³/mol. The Morgan fingerprint density at radius 1 is 0.854 bits per heavy atom. The summed E-state index contributed by atoms with van der Waals surface area (Å²) in [7, 11) is -0.0620. The molecule has 2 aliphatic rings. The molecule has 220 valence electrons. The van der Waals surface area contributed by atoms with Crippen molar-refractivity contribution in [1.29, 1.82) is 0 Å². The lowest BCUT2D eigenvalue weighted by molar-refractivity contribution is -0.0114. The van der Waals surface area contributed by atoms with Gasteiger partial charge in [0, 0.05) is 64.5 Å². The number of rotatable bonds is 8. The molecule has 0 fully saturated rings. The molecule has 0 saturated heterocycles. The van der Waals surface area contributed by atoms with Crippen molar-refractivity contribution in [1.82, 2.24) is 20.2 Å². The van der Waals surface area contributed by atoms with Crippen molar-refractivity contribution in [2.75, 3.05) is 13.1 Å². The van der Waals surface area contributed by atoms with Gasteiger partial charge in [-0.3, -0.25) is 0 Å². The van der Waals surface area contributed by atoms with Crippen molar-refractivity contribution < 1.29 is 9.16 Å². The first-order chi connectivity index (χ1) is 19.6. The second-order valence-electron chi connectivity index (χ2n) is 13.2. The lowest BCUT2D eigenvalue weighted by atomic mass is 10.0. The maximum absolute atomic E-state index is 7.45. The summed E-state index contributed by atoms with van der Waals surface area (Å²) >= 11 is 0. The first-order valence-corrected chi connectivity index (χ1v) is 17.8. The lowest BCUT2D eigenvalue weighted by Gasteiger charge is -2.44. The average Bonchev–Trinajstić information content (AvgIpc) is 3.46. The van der Waals surface area contributed by atoms with Crippen molar-refractivity contribution in [3.63, 3.8) is 0 Å². The van der Waals surface area contributed by atoms with Gasteiger partial charge in [0.25, 0.3) is 0 Å². The minimum absolute atomic E-state index is 0.459. The van der Waals surface area contributed by atoms with E-state index in [-0.39, 0.29) is 0 Å². The maximum Gasteiger partial charge on any atom is 0.217 e. The van der Waals surface area contributed by atoms with E-state index >= 15 is 0 Å². The van der Waals surface area contributed by atoms with Crippen LogP contribution in [0.3, 0.4) is 0 Å². The van der Waals surface area contributed by atoms with Crippen LogP contribution in [-0.2, 0) is 37.4 Å². The van der Waals surface area contributed by atoms with Gasteiger partial charge in [0.05, 0.1) is 0 Å². The first-order valence-electron chi connectivity index (χ1n) is 15.6. The average molecular weight is 573 g/mol. The summed E-state index contributed by atoms with van der Waals surface area (Å²) in [4.78, 5) is 3.65. The minimum atomic E-state index is -2.25. The fourth-order valence-electron chi connectivity index (χ4n) is 8.07. The molecule has 2 aromatic carbocycles. The Morgan fingerprint density at radius 3 is 2.24 bits per heavy atom. The number of nitrogens with zero attached hydrogens (tertiary/aromatic N) is 1. The fourth-order valence-corrected chi connectivity index (χ4v) is 13.4. The second kappa shape index (κ2) is 10.9. The number of aromatic amines is 1. The Bertz CT molecular complexity index is 1560. The van der Waals surface area contributed by atoms with Crippen molar-refractivity contribution in [3.8, 4) is 5.75 Å². The van der Waals surface area contributed by atoms with Gasteiger partial charge in [-0.25, -0.2) is 0 Å². The highest BCUT2D eigenvalue weighted by Gasteiger charge is 2.47. The molecule has 1 atom stereocenters. The quantitative estimate of drug-likeness (QED) is 0.151. The van der Waals surface area contributed by atoms with Crippen molar-refractivity contribution in [2.24, 2.45) is 7.05 Å². The molecule has 6 nitrogen and oxygen atoms in total. The Morgan fingerprint density at radius 2 is 1.54 bits per heavy atom. The molecule has 3 N–H and O–H groups in total. The van der Waals surface area contributed by atoms with Crippen LogP contribution in [0.25, 0.3) is 21.8 Å². The fraction of sp³-hybridized carbons (Fsp3) is 0.529. The lowest BCUT2D eigenvalue weighted by Crippen LogP contribution is -2.49. The van der Waals surface area contributed by atoms with Crippen LogP contribution in [0.15, 0.2) is 30.3 Å². The van der Waals surface area contributed by atoms with Gasteiger partial charge in [0.1, 0.15) is 5.75 Å². The highest BCUT2D eigenvalue weighted by molar-refractivity contribution is 6.77. The number of nitrogens with one attached hydrogen (secondary N) is 3. The van der Waals surface area contributed by atoms with E-state index in [0.717, 1.165) is 50.3 Å². The number of fused-ring (bicyclic) bond motifs is 6. The summed E-state index contributed by atoms with van der Waals surface area (Å²) in [6.45, 7) is 20.2. The highest BCUT2D eigenvalue weighted by atomic mass is 28.4.